The molecule has 2 amide bonds. The Hall–Kier alpha value is -2.63. The zero-order chi connectivity index (χ0) is 18.7. The van der Waals surface area contributed by atoms with Crippen molar-refractivity contribution in [2.45, 2.75) is 53.6 Å². The van der Waals surface area contributed by atoms with Gasteiger partial charge in [-0.05, 0) is 71.4 Å². The Labute approximate surface area is 148 Å². The lowest BCUT2D eigenvalue weighted by Crippen LogP contribution is -2.30. The van der Waals surface area contributed by atoms with Crippen LogP contribution in [-0.2, 0) is 4.79 Å². The largest absolute Gasteiger partial charge is 0.350 e. The van der Waals surface area contributed by atoms with E-state index in [9.17, 15) is 9.59 Å². The van der Waals surface area contributed by atoms with Crippen molar-refractivity contribution in [2.75, 3.05) is 5.32 Å². The Kier molecular flexibility index (Phi) is 5.62. The van der Waals surface area contributed by atoms with E-state index in [0.29, 0.717) is 11.3 Å². The van der Waals surface area contributed by atoms with Crippen LogP contribution in [0.2, 0.25) is 0 Å². The van der Waals surface area contributed by atoms with E-state index in [-0.39, 0.29) is 17.9 Å². The minimum Gasteiger partial charge on any atom is -0.350 e. The summed E-state index contributed by atoms with van der Waals surface area (Å²) in [6.07, 6.45) is 0. The van der Waals surface area contributed by atoms with E-state index in [1.54, 1.807) is 22.9 Å². The fourth-order valence-electron chi connectivity index (χ4n) is 2.73. The molecule has 0 bridgehead atoms. The molecule has 0 saturated heterocycles. The van der Waals surface area contributed by atoms with Gasteiger partial charge in [-0.3, -0.25) is 14.3 Å². The summed E-state index contributed by atoms with van der Waals surface area (Å²) in [5, 5.41) is 10.1. The Morgan fingerprint density at radius 2 is 1.76 bits per heavy atom. The molecule has 2 rings (SSSR count). The van der Waals surface area contributed by atoms with E-state index in [1.807, 2.05) is 47.6 Å². The average molecular weight is 342 g/mol. The fourth-order valence-corrected chi connectivity index (χ4v) is 2.73. The number of benzene rings is 1. The predicted molar refractivity (Wildman–Crippen MR) is 98.8 cm³/mol. The van der Waals surface area contributed by atoms with Crippen molar-refractivity contribution in [2.24, 2.45) is 0 Å². The first-order valence-electron chi connectivity index (χ1n) is 8.44. The molecule has 25 heavy (non-hydrogen) atoms. The number of hydrogen-bond acceptors (Lipinski definition) is 3. The number of aromatic nitrogens is 2. The number of nitrogens with one attached hydrogen (secondary N) is 2. The zero-order valence-corrected chi connectivity index (χ0v) is 15.7. The van der Waals surface area contributed by atoms with Crippen LogP contribution < -0.4 is 10.6 Å². The Bertz CT molecular complexity index is 793. The van der Waals surface area contributed by atoms with Gasteiger partial charge in [-0.15, -0.1) is 0 Å². The summed E-state index contributed by atoms with van der Waals surface area (Å²) in [4.78, 5) is 24.6. The topological polar surface area (TPSA) is 76.0 Å². The fraction of sp³-hybridized carbons (Fsp3) is 0.421. The van der Waals surface area contributed by atoms with Crippen LogP contribution >= 0.6 is 0 Å². The van der Waals surface area contributed by atoms with Crippen molar-refractivity contribution in [3.05, 3.63) is 46.8 Å². The molecule has 0 aliphatic heterocycles. The highest BCUT2D eigenvalue weighted by Gasteiger charge is 2.18. The Morgan fingerprint density at radius 3 is 2.28 bits per heavy atom. The van der Waals surface area contributed by atoms with Gasteiger partial charge in [0.05, 0.1) is 5.69 Å². The first-order chi connectivity index (χ1) is 11.7. The van der Waals surface area contributed by atoms with Crippen molar-refractivity contribution in [1.82, 2.24) is 15.1 Å². The third-order valence-corrected chi connectivity index (χ3v) is 3.95. The lowest BCUT2D eigenvalue weighted by atomic mass is 10.1. The van der Waals surface area contributed by atoms with E-state index in [2.05, 4.69) is 15.7 Å². The molecule has 1 atom stereocenters. The SMILES string of the molecule is Cc1cc(C)n([C@@H](C)C(=O)Nc2ccc(C(=O)NC(C)C)c(C)c2)n1. The number of hydrogen-bond donors (Lipinski definition) is 2. The quantitative estimate of drug-likeness (QED) is 0.876. The van der Waals surface area contributed by atoms with Gasteiger partial charge in [0.25, 0.3) is 5.91 Å². The third-order valence-electron chi connectivity index (χ3n) is 3.95. The lowest BCUT2D eigenvalue weighted by molar-refractivity contribution is -0.119. The molecule has 1 heterocycles. The number of carbonyl (C=O) groups excluding carboxylic acids is 2. The van der Waals surface area contributed by atoms with Gasteiger partial charge in [-0.25, -0.2) is 0 Å². The van der Waals surface area contributed by atoms with Gasteiger partial charge in [-0.1, -0.05) is 0 Å². The van der Waals surface area contributed by atoms with Crippen LogP contribution in [0.25, 0.3) is 0 Å². The molecule has 134 valence electrons. The second-order valence-electron chi connectivity index (χ2n) is 6.69. The summed E-state index contributed by atoms with van der Waals surface area (Å²) in [6.45, 7) is 11.3. The maximum atomic E-state index is 12.5. The molecular weight excluding hydrogens is 316 g/mol. The zero-order valence-electron chi connectivity index (χ0n) is 15.7. The highest BCUT2D eigenvalue weighted by molar-refractivity contribution is 5.98. The number of anilines is 1. The second kappa shape index (κ2) is 7.51. The average Bonchev–Trinajstić information content (AvgIpc) is 2.84. The number of nitrogens with zero attached hydrogens (tertiary/aromatic N) is 2. The third kappa shape index (κ3) is 4.47. The summed E-state index contributed by atoms with van der Waals surface area (Å²) in [7, 11) is 0. The van der Waals surface area contributed by atoms with Crippen LogP contribution in [0.1, 0.15) is 54.1 Å². The second-order valence-corrected chi connectivity index (χ2v) is 6.69. The van der Waals surface area contributed by atoms with Crippen LogP contribution in [0.5, 0.6) is 0 Å². The molecule has 2 aromatic rings. The van der Waals surface area contributed by atoms with Gasteiger partial charge in [0.2, 0.25) is 5.91 Å². The van der Waals surface area contributed by atoms with Gasteiger partial charge >= 0.3 is 0 Å². The van der Waals surface area contributed by atoms with Crippen molar-refractivity contribution in [1.29, 1.82) is 0 Å². The molecule has 6 nitrogen and oxygen atoms in total. The molecule has 0 saturated carbocycles. The van der Waals surface area contributed by atoms with Crippen LogP contribution in [0.3, 0.4) is 0 Å². The van der Waals surface area contributed by atoms with E-state index >= 15 is 0 Å². The lowest BCUT2D eigenvalue weighted by Gasteiger charge is -2.16. The van der Waals surface area contributed by atoms with E-state index in [4.69, 9.17) is 0 Å². The molecule has 0 spiro atoms. The van der Waals surface area contributed by atoms with Crippen LogP contribution in [0.15, 0.2) is 24.3 Å². The van der Waals surface area contributed by atoms with E-state index in [1.165, 1.54) is 0 Å². The number of carbonyl (C=O) groups is 2. The van der Waals surface area contributed by atoms with Crippen LogP contribution in [-0.4, -0.2) is 27.6 Å². The number of rotatable bonds is 5. The molecule has 1 aromatic heterocycles. The molecule has 0 unspecified atom stereocenters. The molecule has 0 fully saturated rings. The van der Waals surface area contributed by atoms with Crippen molar-refractivity contribution >= 4 is 17.5 Å². The summed E-state index contributed by atoms with van der Waals surface area (Å²) < 4.78 is 1.71. The standard InChI is InChI=1S/C19H26N4O2/c1-11(2)20-19(25)17-8-7-16(9-12(17)3)21-18(24)15(6)23-14(5)10-13(4)22-23/h7-11,15H,1-6H3,(H,20,25)(H,21,24)/t15-/m0/s1. The molecule has 0 radical (unpaired) electrons. The smallest absolute Gasteiger partial charge is 0.251 e. The van der Waals surface area contributed by atoms with Gasteiger partial charge in [0.1, 0.15) is 6.04 Å². The monoisotopic (exact) mass is 342 g/mol. The van der Waals surface area contributed by atoms with Crippen molar-refractivity contribution in [3.8, 4) is 0 Å². The Morgan fingerprint density at radius 1 is 1.08 bits per heavy atom. The molecule has 1 aromatic carbocycles. The first-order valence-corrected chi connectivity index (χ1v) is 8.44. The van der Waals surface area contributed by atoms with E-state index < -0.39 is 6.04 Å². The summed E-state index contributed by atoms with van der Waals surface area (Å²) in [5.74, 6) is -0.258. The highest BCUT2D eigenvalue weighted by atomic mass is 16.2. The van der Waals surface area contributed by atoms with Crippen molar-refractivity contribution in [3.63, 3.8) is 0 Å². The van der Waals surface area contributed by atoms with Gasteiger partial charge in [0, 0.05) is 23.0 Å². The Balaban J connectivity index is 2.12. The summed E-state index contributed by atoms with van der Waals surface area (Å²) in [5.41, 5.74) is 3.91. The van der Waals surface area contributed by atoms with E-state index in [0.717, 1.165) is 17.0 Å². The van der Waals surface area contributed by atoms with Crippen LogP contribution in [0.4, 0.5) is 5.69 Å². The minimum absolute atomic E-state index is 0.0768. The van der Waals surface area contributed by atoms with Gasteiger partial charge < -0.3 is 10.6 Å². The molecular formula is C19H26N4O2. The van der Waals surface area contributed by atoms with Crippen LogP contribution in [0, 0.1) is 20.8 Å². The number of aryl methyl sites for hydroxylation is 3. The van der Waals surface area contributed by atoms with Gasteiger partial charge in [0.15, 0.2) is 0 Å². The minimum atomic E-state index is -0.419. The molecule has 6 heteroatoms. The van der Waals surface area contributed by atoms with Crippen molar-refractivity contribution < 1.29 is 9.59 Å². The molecule has 0 aliphatic carbocycles. The normalized spacial score (nSPS) is 12.1. The number of amides is 2. The van der Waals surface area contributed by atoms with Gasteiger partial charge in [-0.2, -0.15) is 5.10 Å². The maximum absolute atomic E-state index is 12.5. The first kappa shape index (κ1) is 18.7. The molecule has 2 N–H and O–H groups in total. The molecule has 0 aliphatic rings. The maximum Gasteiger partial charge on any atom is 0.251 e. The highest BCUT2D eigenvalue weighted by Crippen LogP contribution is 2.18. The predicted octanol–water partition coefficient (Wildman–Crippen LogP) is 3.15. The summed E-state index contributed by atoms with van der Waals surface area (Å²) >= 11 is 0. The summed E-state index contributed by atoms with van der Waals surface area (Å²) in [6, 6.07) is 6.88.